The first kappa shape index (κ1) is 16.1. The maximum Gasteiger partial charge on any atom is 0.231 e. The molecule has 0 saturated carbocycles. The minimum absolute atomic E-state index is 0.312. The van der Waals surface area contributed by atoms with Crippen molar-refractivity contribution < 1.29 is 18.9 Å². The Labute approximate surface area is 147 Å². The highest BCUT2D eigenvalue weighted by Gasteiger charge is 2.14. The predicted molar refractivity (Wildman–Crippen MR) is 93.1 cm³/mol. The van der Waals surface area contributed by atoms with Crippen molar-refractivity contribution in [3.8, 4) is 23.0 Å². The van der Waals surface area contributed by atoms with Gasteiger partial charge in [0.25, 0.3) is 0 Å². The molecule has 0 saturated heterocycles. The van der Waals surface area contributed by atoms with Crippen molar-refractivity contribution in [3.05, 3.63) is 47.5 Å². The lowest BCUT2D eigenvalue weighted by Crippen LogP contribution is -2.35. The van der Waals surface area contributed by atoms with Crippen LogP contribution in [0, 0.1) is 0 Å². The normalized spacial score (nSPS) is 15.4. The van der Waals surface area contributed by atoms with Gasteiger partial charge in [-0.15, -0.1) is 0 Å². The average molecular weight is 342 g/mol. The van der Waals surface area contributed by atoms with E-state index in [0.717, 1.165) is 42.6 Å². The Kier molecular flexibility index (Phi) is 4.63. The van der Waals surface area contributed by atoms with E-state index in [1.807, 2.05) is 24.3 Å². The van der Waals surface area contributed by atoms with Crippen LogP contribution in [0.2, 0.25) is 0 Å². The Bertz CT molecular complexity index is 750. The van der Waals surface area contributed by atoms with Gasteiger partial charge in [0.15, 0.2) is 23.0 Å². The molecule has 0 spiro atoms. The molecule has 6 heteroatoms. The molecule has 1 atom stereocenters. The molecule has 2 aliphatic rings. The zero-order chi connectivity index (χ0) is 17.1. The highest BCUT2D eigenvalue weighted by atomic mass is 16.7. The van der Waals surface area contributed by atoms with Crippen LogP contribution < -0.4 is 29.6 Å². The summed E-state index contributed by atoms with van der Waals surface area (Å²) in [5.74, 6) is 3.30. The zero-order valence-corrected chi connectivity index (χ0v) is 14.2. The lowest BCUT2D eigenvalue weighted by molar-refractivity contribution is 0.173. The van der Waals surface area contributed by atoms with Gasteiger partial charge in [0.2, 0.25) is 13.6 Å². The molecule has 2 N–H and O–H groups in total. The Morgan fingerprint density at radius 1 is 0.800 bits per heavy atom. The van der Waals surface area contributed by atoms with Crippen LogP contribution in [0.1, 0.15) is 18.1 Å². The highest BCUT2D eigenvalue weighted by molar-refractivity contribution is 5.45. The van der Waals surface area contributed by atoms with Crippen LogP contribution in [0.25, 0.3) is 0 Å². The number of fused-ring (bicyclic) bond motifs is 2. The molecule has 0 aromatic heterocycles. The van der Waals surface area contributed by atoms with E-state index >= 15 is 0 Å². The number of ether oxygens (including phenoxy) is 4. The third-order valence-electron chi connectivity index (χ3n) is 4.31. The van der Waals surface area contributed by atoms with Crippen molar-refractivity contribution >= 4 is 0 Å². The van der Waals surface area contributed by atoms with Gasteiger partial charge >= 0.3 is 0 Å². The Hall–Kier alpha value is -2.44. The van der Waals surface area contributed by atoms with Crippen LogP contribution >= 0.6 is 0 Å². The fraction of sp³-hybridized carbons (Fsp3) is 0.368. The van der Waals surface area contributed by atoms with E-state index < -0.39 is 0 Å². The Morgan fingerprint density at radius 3 is 2.00 bits per heavy atom. The second-order valence-electron chi connectivity index (χ2n) is 6.29. The van der Waals surface area contributed by atoms with Crippen LogP contribution in [-0.4, -0.2) is 26.2 Å². The third kappa shape index (κ3) is 3.81. The number of rotatable bonds is 7. The Morgan fingerprint density at radius 2 is 1.36 bits per heavy atom. The predicted octanol–water partition coefficient (Wildman–Crippen LogP) is 2.41. The van der Waals surface area contributed by atoms with Gasteiger partial charge < -0.3 is 29.6 Å². The maximum absolute atomic E-state index is 5.41. The second-order valence-corrected chi connectivity index (χ2v) is 6.29. The molecular formula is C19H22N2O4. The molecule has 0 fully saturated rings. The molecule has 2 aromatic carbocycles. The van der Waals surface area contributed by atoms with Crippen molar-refractivity contribution in [2.24, 2.45) is 0 Å². The summed E-state index contributed by atoms with van der Waals surface area (Å²) in [6.07, 6.45) is 0. The molecule has 0 aliphatic carbocycles. The van der Waals surface area contributed by atoms with Crippen LogP contribution in [-0.2, 0) is 13.1 Å². The van der Waals surface area contributed by atoms with Crippen molar-refractivity contribution in [2.75, 3.05) is 20.1 Å². The van der Waals surface area contributed by atoms with E-state index in [-0.39, 0.29) is 0 Å². The minimum Gasteiger partial charge on any atom is -0.454 e. The van der Waals surface area contributed by atoms with Gasteiger partial charge in [-0.3, -0.25) is 0 Å². The highest BCUT2D eigenvalue weighted by Crippen LogP contribution is 2.33. The lowest BCUT2D eigenvalue weighted by Gasteiger charge is -2.15. The average Bonchev–Trinajstić information content (AvgIpc) is 3.28. The second kappa shape index (κ2) is 7.21. The molecule has 132 valence electrons. The van der Waals surface area contributed by atoms with Gasteiger partial charge in [-0.1, -0.05) is 12.1 Å². The van der Waals surface area contributed by atoms with E-state index in [4.69, 9.17) is 18.9 Å². The minimum atomic E-state index is 0.312. The van der Waals surface area contributed by atoms with E-state index in [1.165, 1.54) is 11.1 Å². The standard InChI is InChI=1S/C19H22N2O4/c1-13(21-10-15-3-5-17-19(7-15)25-12-23-17)8-20-9-14-2-4-16-18(6-14)24-11-22-16/h2-7,13,20-21H,8-12H2,1H3/t13-/m0/s1. The van der Waals surface area contributed by atoms with Crippen molar-refractivity contribution in [3.63, 3.8) is 0 Å². The van der Waals surface area contributed by atoms with Gasteiger partial charge in [-0.25, -0.2) is 0 Å². The van der Waals surface area contributed by atoms with E-state index in [1.54, 1.807) is 0 Å². The summed E-state index contributed by atoms with van der Waals surface area (Å²) in [7, 11) is 0. The molecule has 0 bridgehead atoms. The monoisotopic (exact) mass is 342 g/mol. The molecule has 2 aliphatic heterocycles. The largest absolute Gasteiger partial charge is 0.454 e. The number of nitrogens with one attached hydrogen (secondary N) is 2. The van der Waals surface area contributed by atoms with Gasteiger partial charge in [-0.05, 0) is 42.3 Å². The molecule has 6 nitrogen and oxygen atoms in total. The van der Waals surface area contributed by atoms with Crippen LogP contribution in [0.4, 0.5) is 0 Å². The van der Waals surface area contributed by atoms with Crippen LogP contribution in [0.3, 0.4) is 0 Å². The summed E-state index contributed by atoms with van der Waals surface area (Å²) in [6, 6.07) is 12.4. The van der Waals surface area contributed by atoms with E-state index in [0.29, 0.717) is 19.6 Å². The van der Waals surface area contributed by atoms with Gasteiger partial charge in [0.05, 0.1) is 0 Å². The third-order valence-corrected chi connectivity index (χ3v) is 4.31. The molecule has 2 heterocycles. The quantitative estimate of drug-likeness (QED) is 0.806. The molecule has 0 unspecified atom stereocenters. The number of hydrogen-bond acceptors (Lipinski definition) is 6. The van der Waals surface area contributed by atoms with Crippen molar-refractivity contribution in [2.45, 2.75) is 26.1 Å². The fourth-order valence-electron chi connectivity index (χ4n) is 2.90. The summed E-state index contributed by atoms with van der Waals surface area (Å²) in [4.78, 5) is 0. The Balaban J connectivity index is 1.21. The van der Waals surface area contributed by atoms with E-state index in [9.17, 15) is 0 Å². The first-order chi connectivity index (χ1) is 12.3. The SMILES string of the molecule is C[C@@H](CNCc1ccc2c(c1)OCO2)NCc1ccc2c(c1)OCO2. The van der Waals surface area contributed by atoms with Crippen LogP contribution in [0.5, 0.6) is 23.0 Å². The molecule has 0 radical (unpaired) electrons. The molecule has 0 amide bonds. The van der Waals surface area contributed by atoms with Crippen molar-refractivity contribution in [1.29, 1.82) is 0 Å². The molecule has 2 aromatic rings. The van der Waals surface area contributed by atoms with Gasteiger partial charge in [0, 0.05) is 25.7 Å². The summed E-state index contributed by atoms with van der Waals surface area (Å²) < 4.78 is 21.5. The summed E-state index contributed by atoms with van der Waals surface area (Å²) >= 11 is 0. The van der Waals surface area contributed by atoms with Gasteiger partial charge in [0.1, 0.15) is 0 Å². The molecule has 25 heavy (non-hydrogen) atoms. The first-order valence-corrected chi connectivity index (χ1v) is 8.49. The smallest absolute Gasteiger partial charge is 0.231 e. The summed E-state index contributed by atoms with van der Waals surface area (Å²) in [5, 5.41) is 6.98. The fourth-order valence-corrected chi connectivity index (χ4v) is 2.90. The summed E-state index contributed by atoms with van der Waals surface area (Å²) in [6.45, 7) is 5.26. The zero-order valence-electron chi connectivity index (χ0n) is 14.2. The van der Waals surface area contributed by atoms with E-state index in [2.05, 4.69) is 29.7 Å². The lowest BCUT2D eigenvalue weighted by atomic mass is 10.2. The van der Waals surface area contributed by atoms with Gasteiger partial charge in [-0.2, -0.15) is 0 Å². The molecule has 4 rings (SSSR count). The first-order valence-electron chi connectivity index (χ1n) is 8.49. The van der Waals surface area contributed by atoms with Crippen LogP contribution in [0.15, 0.2) is 36.4 Å². The summed E-state index contributed by atoms with van der Waals surface area (Å²) in [5.41, 5.74) is 2.37. The maximum atomic E-state index is 5.41. The number of hydrogen-bond donors (Lipinski definition) is 2. The topological polar surface area (TPSA) is 61.0 Å². The number of benzene rings is 2. The molecular weight excluding hydrogens is 320 g/mol. The van der Waals surface area contributed by atoms with Crippen molar-refractivity contribution in [1.82, 2.24) is 10.6 Å².